The Labute approximate surface area is 73.6 Å². The van der Waals surface area contributed by atoms with Gasteiger partial charge in [0.15, 0.2) is 0 Å². The molecule has 0 atom stereocenters. The summed E-state index contributed by atoms with van der Waals surface area (Å²) in [5, 5.41) is 38.8. The Hall–Kier alpha value is -1.36. The van der Waals surface area contributed by atoms with Crippen LogP contribution in [0.4, 0.5) is 0 Å². The van der Waals surface area contributed by atoms with E-state index in [1.165, 1.54) is 0 Å². The van der Waals surface area contributed by atoms with Crippen molar-refractivity contribution in [1.82, 2.24) is 5.34 Å². The smallest absolute Gasteiger partial charge is 0.0559 e. The maximum absolute atomic E-state index is 7.61. The molecule has 0 aromatic heterocycles. The predicted molar refractivity (Wildman–Crippen MR) is 24.7 cm³/mol. The summed E-state index contributed by atoms with van der Waals surface area (Å²) in [6.07, 6.45) is 0. The number of nitrogens with one attached hydrogen (secondary N) is 1. The zero-order chi connectivity index (χ0) is 10.6. The highest BCUT2D eigenvalue weighted by Crippen LogP contribution is 1.97. The van der Waals surface area contributed by atoms with Crippen LogP contribution in [-0.4, -0.2) is 15.8 Å². The molecule has 3 N–H and O–H groups in total. The second-order valence-corrected chi connectivity index (χ2v) is 1.02. The van der Waals surface area contributed by atoms with Crippen molar-refractivity contribution in [1.29, 1.82) is 5.53 Å². The Morgan fingerprint density at radius 3 is 2.21 bits per heavy atom. The third-order valence-corrected chi connectivity index (χ3v) is 0.435. The maximum Gasteiger partial charge on any atom is 0.0559 e. The summed E-state index contributed by atoms with van der Waals surface area (Å²) >= 11 is 0. The van der Waals surface area contributed by atoms with Gasteiger partial charge in [0.25, 0.3) is 0 Å². The molecule has 0 heterocycles. The normalized spacial score (nSPS) is 10.7. The van der Waals surface area contributed by atoms with E-state index in [-0.39, 0.29) is 5.34 Å². The van der Waals surface area contributed by atoms with Crippen LogP contribution in [0.1, 0.15) is 0 Å². The first-order valence-electron chi connectivity index (χ1n) is 2.39. The highest BCUT2D eigenvalue weighted by Gasteiger charge is 2.07. The van der Waals surface area contributed by atoms with E-state index in [0.29, 0.717) is 0 Å². The van der Waals surface area contributed by atoms with Gasteiger partial charge >= 0.3 is 0 Å². The lowest BCUT2D eigenvalue weighted by Crippen LogP contribution is -2.18. The van der Waals surface area contributed by atoms with Gasteiger partial charge in [-0.15, -0.1) is 0 Å². The third kappa shape index (κ3) is 7.30. The average Bonchev–Trinajstić information content (AvgIpc) is 2.21. The summed E-state index contributed by atoms with van der Waals surface area (Å²) in [5.41, 5.74) is 6.15. The molecule has 0 fully saturated rings. The van der Waals surface area contributed by atoms with Gasteiger partial charge in [-0.25, -0.2) is 10.5 Å². The molecule has 0 aromatic carbocycles. The monoisotopic (exact) mass is 217 g/mol. The van der Waals surface area contributed by atoms with E-state index in [4.69, 9.17) is 16.0 Å². The summed E-state index contributed by atoms with van der Waals surface area (Å²) in [6.45, 7) is 0. The van der Waals surface area contributed by atoms with Crippen LogP contribution < -0.4 is 0 Å². The fraction of sp³-hybridized carbons (Fsp3) is 0. The van der Waals surface area contributed by atoms with Gasteiger partial charge in [-0.05, 0) is 45.6 Å². The minimum absolute atomic E-state index is 0.146. The van der Waals surface area contributed by atoms with Gasteiger partial charge < -0.3 is 0 Å². The van der Waals surface area contributed by atoms with Crippen molar-refractivity contribution in [2.75, 3.05) is 0 Å². The zero-order valence-corrected chi connectivity index (χ0v) is 6.04. The molecule has 0 aliphatic carbocycles. The zero-order valence-electron chi connectivity index (χ0n) is 6.04. The molecule has 0 saturated carbocycles. The number of nitrogens with zero attached hydrogens (tertiary/aromatic N) is 4. The standard InChI is InChI=1S/H3N5O9/c1-2-3-4-5(8-12-10-6)9-13-14-11-7/h1,6-7H/b2-1?,4-3+. The van der Waals surface area contributed by atoms with Gasteiger partial charge in [0, 0.05) is 5.22 Å². The van der Waals surface area contributed by atoms with Gasteiger partial charge in [0.05, 0.1) is 5.34 Å². The van der Waals surface area contributed by atoms with E-state index in [1.54, 1.807) is 0 Å². The average molecular weight is 217 g/mol. The topological polar surface area (TPSA) is 169 Å². The fourth-order valence-electron chi connectivity index (χ4n) is 0.185. The molecule has 0 aliphatic rings. The van der Waals surface area contributed by atoms with Crippen molar-refractivity contribution >= 4 is 0 Å². The van der Waals surface area contributed by atoms with E-state index >= 15 is 0 Å². The van der Waals surface area contributed by atoms with Gasteiger partial charge in [-0.3, -0.25) is 0 Å². The molecule has 0 rings (SSSR count). The SMILES string of the molecule is N=N/N=N/N(OOOO)OOOOO. The van der Waals surface area contributed by atoms with Crippen molar-refractivity contribution in [3.63, 3.8) is 0 Å². The Balaban J connectivity index is 3.71. The maximum atomic E-state index is 7.61. The molecule has 0 bridgehead atoms. The van der Waals surface area contributed by atoms with Crippen molar-refractivity contribution in [3.05, 3.63) is 0 Å². The van der Waals surface area contributed by atoms with Crippen LogP contribution in [0, 0.1) is 5.53 Å². The van der Waals surface area contributed by atoms with Crippen LogP contribution in [0.5, 0.6) is 0 Å². The summed E-state index contributed by atoms with van der Waals surface area (Å²) in [7, 11) is 0. The summed E-state index contributed by atoms with van der Waals surface area (Å²) in [6, 6.07) is 0. The predicted octanol–water partition coefficient (Wildman–Crippen LogP) is 0.0688. The largest absolute Gasteiger partial charge is 0.219 e. The molecule has 0 spiro atoms. The van der Waals surface area contributed by atoms with Crippen LogP contribution in [0.15, 0.2) is 15.7 Å². The highest BCUT2D eigenvalue weighted by atomic mass is 17.8. The minimum atomic E-state index is -0.146. The Kier molecular flexibility index (Phi) is 8.78. The third-order valence-electron chi connectivity index (χ3n) is 0.435. The first kappa shape index (κ1) is 12.6. The van der Waals surface area contributed by atoms with Gasteiger partial charge in [-0.2, -0.15) is 5.53 Å². The molecule has 0 unspecified atom stereocenters. The molecule has 82 valence electrons. The molecule has 14 heteroatoms. The van der Waals surface area contributed by atoms with Crippen molar-refractivity contribution in [2.45, 2.75) is 0 Å². The second kappa shape index (κ2) is 9.73. The molecular weight excluding hydrogens is 214 g/mol. The van der Waals surface area contributed by atoms with E-state index < -0.39 is 0 Å². The molecule has 0 aliphatic heterocycles. The van der Waals surface area contributed by atoms with Gasteiger partial charge in [0.2, 0.25) is 0 Å². The second-order valence-electron chi connectivity index (χ2n) is 1.02. The van der Waals surface area contributed by atoms with Crippen LogP contribution in [-0.2, 0) is 35.2 Å². The van der Waals surface area contributed by atoms with Gasteiger partial charge in [-0.1, -0.05) is 0 Å². The van der Waals surface area contributed by atoms with Crippen LogP contribution in [0.2, 0.25) is 0 Å². The molecular formula is H3N5O9. The molecule has 14 heavy (non-hydrogen) atoms. The van der Waals surface area contributed by atoms with Crippen molar-refractivity contribution in [2.24, 2.45) is 15.7 Å². The number of hydrogen-bond donors (Lipinski definition) is 3. The fourth-order valence-corrected chi connectivity index (χ4v) is 0.185. The first-order valence-corrected chi connectivity index (χ1v) is 2.39. The summed E-state index contributed by atoms with van der Waals surface area (Å²) in [5.74, 6) is 0. The molecule has 0 aromatic rings. The van der Waals surface area contributed by atoms with E-state index in [1.807, 2.05) is 0 Å². The van der Waals surface area contributed by atoms with Crippen LogP contribution in [0.3, 0.4) is 0 Å². The van der Waals surface area contributed by atoms with Crippen LogP contribution in [0.25, 0.3) is 0 Å². The van der Waals surface area contributed by atoms with Gasteiger partial charge in [0.1, 0.15) is 0 Å². The van der Waals surface area contributed by atoms with Crippen molar-refractivity contribution in [3.8, 4) is 0 Å². The number of rotatable bonds is 9. The van der Waals surface area contributed by atoms with E-state index in [2.05, 4.69) is 50.8 Å². The quantitative estimate of drug-likeness (QED) is 0.207. The van der Waals surface area contributed by atoms with Crippen molar-refractivity contribution < 1.29 is 45.7 Å². The Morgan fingerprint density at radius 1 is 1.00 bits per heavy atom. The molecule has 0 radical (unpaired) electrons. The summed E-state index contributed by atoms with van der Waals surface area (Å²) in [4.78, 5) is 7.50. The minimum Gasteiger partial charge on any atom is -0.219 e. The lowest BCUT2D eigenvalue weighted by atomic mass is 12.4. The Morgan fingerprint density at radius 2 is 1.64 bits per heavy atom. The number of hydrogen-bond acceptors (Lipinski definition) is 11. The lowest BCUT2D eigenvalue weighted by Gasteiger charge is -2.06. The molecule has 0 amide bonds. The van der Waals surface area contributed by atoms with E-state index in [9.17, 15) is 0 Å². The summed E-state index contributed by atoms with van der Waals surface area (Å²) < 4.78 is 0. The highest BCUT2D eigenvalue weighted by molar-refractivity contribution is 3.93. The van der Waals surface area contributed by atoms with E-state index in [0.717, 1.165) is 0 Å². The lowest BCUT2D eigenvalue weighted by molar-refractivity contribution is -0.786. The first-order chi connectivity index (χ1) is 6.85. The molecule has 14 nitrogen and oxygen atoms in total. The Bertz CT molecular complexity index is 157. The molecule has 0 saturated heterocycles. The van der Waals surface area contributed by atoms with Crippen LogP contribution >= 0.6 is 0 Å².